The zero-order valence-corrected chi connectivity index (χ0v) is 12.9. The van der Waals surface area contributed by atoms with E-state index in [9.17, 15) is 14.7 Å². The highest BCUT2D eigenvalue weighted by molar-refractivity contribution is 5.84. The lowest BCUT2D eigenvalue weighted by Crippen LogP contribution is -2.36. The molecule has 0 spiro atoms. The van der Waals surface area contributed by atoms with Crippen LogP contribution in [-0.2, 0) is 9.59 Å². The quantitative estimate of drug-likeness (QED) is 0.926. The van der Waals surface area contributed by atoms with Crippen LogP contribution < -0.4 is 0 Å². The Kier molecular flexibility index (Phi) is 4.35. The zero-order chi connectivity index (χ0) is 15.6. The number of likely N-dealkylation sites (tertiary alicyclic amines) is 1. The number of carbonyl (C=O) groups excluding carboxylic acids is 1. The molecule has 4 nitrogen and oxygen atoms in total. The van der Waals surface area contributed by atoms with Crippen LogP contribution in [0, 0.1) is 12.3 Å². The van der Waals surface area contributed by atoms with E-state index < -0.39 is 11.4 Å². The van der Waals surface area contributed by atoms with Gasteiger partial charge in [-0.15, -0.1) is 0 Å². The van der Waals surface area contributed by atoms with E-state index in [0.717, 1.165) is 18.4 Å². The molecule has 4 heteroatoms. The van der Waals surface area contributed by atoms with Crippen molar-refractivity contribution in [3.05, 3.63) is 35.4 Å². The Morgan fingerprint density at radius 3 is 2.48 bits per heavy atom. The van der Waals surface area contributed by atoms with Crippen LogP contribution in [-0.4, -0.2) is 28.4 Å². The summed E-state index contributed by atoms with van der Waals surface area (Å²) in [7, 11) is 0. The predicted octanol–water partition coefficient (Wildman–Crippen LogP) is 3.16. The van der Waals surface area contributed by atoms with E-state index in [-0.39, 0.29) is 18.4 Å². The van der Waals surface area contributed by atoms with Crippen molar-refractivity contribution in [2.45, 2.75) is 46.1 Å². The molecule has 0 aromatic heterocycles. The number of benzene rings is 1. The number of carboxylic acid groups (broad SMARTS) is 1. The van der Waals surface area contributed by atoms with Crippen LogP contribution in [0.15, 0.2) is 24.3 Å². The van der Waals surface area contributed by atoms with E-state index in [1.165, 1.54) is 5.56 Å². The summed E-state index contributed by atoms with van der Waals surface area (Å²) < 4.78 is 0. The van der Waals surface area contributed by atoms with Crippen molar-refractivity contribution in [1.29, 1.82) is 0 Å². The first-order chi connectivity index (χ1) is 9.81. The third-order valence-corrected chi connectivity index (χ3v) is 4.21. The van der Waals surface area contributed by atoms with Crippen molar-refractivity contribution in [2.24, 2.45) is 5.41 Å². The molecule has 1 heterocycles. The third-order valence-electron chi connectivity index (χ3n) is 4.21. The van der Waals surface area contributed by atoms with Gasteiger partial charge in [0.15, 0.2) is 0 Å². The van der Waals surface area contributed by atoms with Crippen LogP contribution in [0.5, 0.6) is 0 Å². The number of nitrogens with zero attached hydrogens (tertiary/aromatic N) is 1. The number of hydrogen-bond acceptors (Lipinski definition) is 2. The monoisotopic (exact) mass is 289 g/mol. The van der Waals surface area contributed by atoms with Crippen molar-refractivity contribution in [3.8, 4) is 0 Å². The van der Waals surface area contributed by atoms with Gasteiger partial charge in [-0.1, -0.05) is 29.8 Å². The second-order valence-corrected chi connectivity index (χ2v) is 6.52. The first-order valence-electron chi connectivity index (χ1n) is 7.41. The molecule has 1 aromatic carbocycles. The number of amides is 1. The molecule has 1 aliphatic rings. The molecule has 0 saturated carbocycles. The smallest absolute Gasteiger partial charge is 0.309 e. The minimum Gasteiger partial charge on any atom is -0.481 e. The molecule has 21 heavy (non-hydrogen) atoms. The molecule has 114 valence electrons. The average Bonchev–Trinajstić information content (AvgIpc) is 2.88. The van der Waals surface area contributed by atoms with Gasteiger partial charge in [-0.25, -0.2) is 0 Å². The number of aryl methyl sites for hydroxylation is 1. The molecule has 1 atom stereocenters. The second kappa shape index (κ2) is 5.88. The van der Waals surface area contributed by atoms with Crippen LogP contribution in [0.4, 0.5) is 0 Å². The molecule has 1 aliphatic heterocycles. The highest BCUT2D eigenvalue weighted by atomic mass is 16.4. The van der Waals surface area contributed by atoms with E-state index in [2.05, 4.69) is 24.3 Å². The fraction of sp³-hybridized carbons (Fsp3) is 0.529. The summed E-state index contributed by atoms with van der Waals surface area (Å²) in [5, 5.41) is 9.18. The molecule has 1 amide bonds. The Hall–Kier alpha value is -1.84. The summed E-state index contributed by atoms with van der Waals surface area (Å²) in [6, 6.07) is 8.32. The summed E-state index contributed by atoms with van der Waals surface area (Å²) in [6.07, 6.45) is 1.96. The van der Waals surface area contributed by atoms with E-state index in [4.69, 9.17) is 0 Å². The van der Waals surface area contributed by atoms with Gasteiger partial charge in [-0.05, 0) is 39.2 Å². The fourth-order valence-electron chi connectivity index (χ4n) is 2.76. The molecule has 0 bridgehead atoms. The van der Waals surface area contributed by atoms with E-state index in [0.29, 0.717) is 6.54 Å². The lowest BCUT2D eigenvalue weighted by atomic mass is 9.88. The van der Waals surface area contributed by atoms with Gasteiger partial charge in [0, 0.05) is 13.0 Å². The number of carboxylic acids is 1. The van der Waals surface area contributed by atoms with Gasteiger partial charge in [-0.3, -0.25) is 9.59 Å². The van der Waals surface area contributed by atoms with Crippen LogP contribution in [0.2, 0.25) is 0 Å². The highest BCUT2D eigenvalue weighted by Gasteiger charge is 2.36. The minimum atomic E-state index is -1.02. The predicted molar refractivity (Wildman–Crippen MR) is 80.9 cm³/mol. The molecular weight excluding hydrogens is 266 g/mol. The molecule has 1 fully saturated rings. The summed E-state index contributed by atoms with van der Waals surface area (Å²) in [5.41, 5.74) is 1.32. The van der Waals surface area contributed by atoms with Crippen molar-refractivity contribution in [1.82, 2.24) is 4.90 Å². The highest BCUT2D eigenvalue weighted by Crippen LogP contribution is 2.34. The molecule has 1 saturated heterocycles. The molecule has 2 rings (SSSR count). The molecule has 1 unspecified atom stereocenters. The lowest BCUT2D eigenvalue weighted by molar-refractivity contribution is -0.151. The maximum atomic E-state index is 12.5. The molecule has 0 radical (unpaired) electrons. The number of aliphatic carboxylic acids is 1. The van der Waals surface area contributed by atoms with Gasteiger partial charge < -0.3 is 10.0 Å². The average molecular weight is 289 g/mol. The summed E-state index contributed by atoms with van der Waals surface area (Å²) in [6.45, 7) is 5.96. The van der Waals surface area contributed by atoms with Gasteiger partial charge in [0.05, 0.1) is 11.5 Å². The number of hydrogen-bond donors (Lipinski definition) is 1. The number of rotatable bonds is 4. The normalized spacial score (nSPS) is 18.8. The number of carbonyl (C=O) groups is 2. The van der Waals surface area contributed by atoms with E-state index in [1.807, 2.05) is 11.8 Å². The Morgan fingerprint density at radius 2 is 1.90 bits per heavy atom. The summed E-state index contributed by atoms with van der Waals surface area (Å²) >= 11 is 0. The Bertz CT molecular complexity index is 533. The largest absolute Gasteiger partial charge is 0.481 e. The second-order valence-electron chi connectivity index (χ2n) is 6.52. The van der Waals surface area contributed by atoms with Gasteiger partial charge in [0.2, 0.25) is 5.91 Å². The first-order valence-corrected chi connectivity index (χ1v) is 7.41. The summed E-state index contributed by atoms with van der Waals surface area (Å²) in [5.74, 6) is -0.993. The molecule has 1 aromatic rings. The Morgan fingerprint density at radius 1 is 1.29 bits per heavy atom. The SMILES string of the molecule is Cc1ccc(C2CCCN2C(=O)CC(C)(C)C(=O)O)cc1. The lowest BCUT2D eigenvalue weighted by Gasteiger charge is -2.28. The van der Waals surface area contributed by atoms with E-state index >= 15 is 0 Å². The Labute approximate surface area is 125 Å². The molecule has 0 aliphatic carbocycles. The van der Waals surface area contributed by atoms with Crippen molar-refractivity contribution in [2.75, 3.05) is 6.54 Å². The van der Waals surface area contributed by atoms with Crippen LogP contribution >= 0.6 is 0 Å². The maximum Gasteiger partial charge on any atom is 0.309 e. The van der Waals surface area contributed by atoms with Gasteiger partial charge in [-0.2, -0.15) is 0 Å². The molecule has 1 N–H and O–H groups in total. The summed E-state index contributed by atoms with van der Waals surface area (Å²) in [4.78, 5) is 25.5. The van der Waals surface area contributed by atoms with Crippen molar-refractivity contribution >= 4 is 11.9 Å². The van der Waals surface area contributed by atoms with E-state index in [1.54, 1.807) is 13.8 Å². The van der Waals surface area contributed by atoms with Gasteiger partial charge in [0.25, 0.3) is 0 Å². The van der Waals surface area contributed by atoms with Crippen LogP contribution in [0.1, 0.15) is 50.3 Å². The van der Waals surface area contributed by atoms with Crippen LogP contribution in [0.3, 0.4) is 0 Å². The van der Waals surface area contributed by atoms with Gasteiger partial charge >= 0.3 is 5.97 Å². The standard InChI is InChI=1S/C17H23NO3/c1-12-6-8-13(9-7-12)14-5-4-10-18(14)15(19)11-17(2,3)16(20)21/h6-9,14H,4-5,10-11H2,1-3H3,(H,20,21). The third kappa shape index (κ3) is 3.43. The maximum absolute atomic E-state index is 12.5. The first kappa shape index (κ1) is 15.5. The van der Waals surface area contributed by atoms with Gasteiger partial charge in [0.1, 0.15) is 0 Å². The Balaban J connectivity index is 2.13. The zero-order valence-electron chi connectivity index (χ0n) is 12.9. The van der Waals surface area contributed by atoms with Crippen molar-refractivity contribution < 1.29 is 14.7 Å². The topological polar surface area (TPSA) is 57.6 Å². The van der Waals surface area contributed by atoms with Crippen molar-refractivity contribution in [3.63, 3.8) is 0 Å². The van der Waals surface area contributed by atoms with Crippen LogP contribution in [0.25, 0.3) is 0 Å². The fourth-order valence-corrected chi connectivity index (χ4v) is 2.76. The minimum absolute atomic E-state index is 0.0463. The molecular formula is C17H23NO3.